The highest BCUT2D eigenvalue weighted by Crippen LogP contribution is 2.20. The van der Waals surface area contributed by atoms with Gasteiger partial charge in [-0.25, -0.2) is 0 Å². The molecule has 0 bridgehead atoms. The molecular formula is C18H23N2O2S-. The van der Waals surface area contributed by atoms with Gasteiger partial charge in [0.1, 0.15) is 0 Å². The van der Waals surface area contributed by atoms with E-state index >= 15 is 0 Å². The lowest BCUT2D eigenvalue weighted by Gasteiger charge is -2.13. The molecular weight excluding hydrogens is 308 g/mol. The average Bonchev–Trinajstić information content (AvgIpc) is 2.53. The second kappa shape index (κ2) is 8.70. The summed E-state index contributed by atoms with van der Waals surface area (Å²) in [6.45, 7) is 5.33. The van der Waals surface area contributed by atoms with Crippen molar-refractivity contribution in [3.8, 4) is 0 Å². The lowest BCUT2D eigenvalue weighted by atomic mass is 9.94. The molecule has 0 spiro atoms. The van der Waals surface area contributed by atoms with Gasteiger partial charge in [0, 0.05) is 29.2 Å². The van der Waals surface area contributed by atoms with E-state index in [1.807, 2.05) is 12.1 Å². The fourth-order valence-electron chi connectivity index (χ4n) is 2.59. The van der Waals surface area contributed by atoms with E-state index < -0.39 is 11.3 Å². The highest BCUT2D eigenvalue weighted by Gasteiger charge is 2.05. The first-order valence-corrected chi connectivity index (χ1v) is 8.91. The van der Waals surface area contributed by atoms with Crippen LogP contribution in [0.3, 0.4) is 0 Å². The zero-order valence-corrected chi connectivity index (χ0v) is 14.4. The number of hydrogen-bond donors (Lipinski definition) is 2. The van der Waals surface area contributed by atoms with E-state index in [0.717, 1.165) is 25.1 Å². The van der Waals surface area contributed by atoms with Crippen LogP contribution >= 0.6 is 0 Å². The zero-order chi connectivity index (χ0) is 16.7. The maximum atomic E-state index is 10.5. The molecule has 124 valence electrons. The maximum absolute atomic E-state index is 10.5. The molecule has 2 rings (SSSR count). The minimum atomic E-state index is -2.28. The molecule has 0 aromatic heterocycles. The third-order valence-corrected chi connectivity index (χ3v) is 4.12. The zero-order valence-electron chi connectivity index (χ0n) is 13.5. The van der Waals surface area contributed by atoms with Gasteiger partial charge in [0.25, 0.3) is 0 Å². The van der Waals surface area contributed by atoms with Gasteiger partial charge in [0.2, 0.25) is 0 Å². The number of anilines is 2. The van der Waals surface area contributed by atoms with Crippen molar-refractivity contribution in [2.45, 2.75) is 32.6 Å². The van der Waals surface area contributed by atoms with Crippen molar-refractivity contribution in [2.75, 3.05) is 16.6 Å². The van der Waals surface area contributed by atoms with Crippen LogP contribution in [0.25, 0.3) is 0 Å². The summed E-state index contributed by atoms with van der Waals surface area (Å²) >= 11 is -2.28. The first-order valence-electron chi connectivity index (χ1n) is 7.84. The van der Waals surface area contributed by atoms with Gasteiger partial charge in [-0.3, -0.25) is 4.21 Å². The molecule has 2 aromatic carbocycles. The molecule has 0 amide bonds. The van der Waals surface area contributed by atoms with Crippen molar-refractivity contribution >= 4 is 22.6 Å². The first kappa shape index (κ1) is 17.5. The number of nitrogens with one attached hydrogen (secondary N) is 2. The maximum Gasteiger partial charge on any atom is 0.0453 e. The molecule has 0 aliphatic heterocycles. The van der Waals surface area contributed by atoms with Crippen molar-refractivity contribution in [3.63, 3.8) is 0 Å². The van der Waals surface area contributed by atoms with Crippen LogP contribution < -0.4 is 10.0 Å². The Morgan fingerprint density at radius 3 is 2.35 bits per heavy atom. The number of hydrogen-bond acceptors (Lipinski definition) is 3. The quantitative estimate of drug-likeness (QED) is 0.566. The van der Waals surface area contributed by atoms with Crippen molar-refractivity contribution in [1.29, 1.82) is 0 Å². The predicted molar refractivity (Wildman–Crippen MR) is 96.3 cm³/mol. The SMILES string of the molecule is CC(C)c1ccccc1CCCNc1ccc(NS(=O)[O-])cc1. The van der Waals surface area contributed by atoms with Crippen molar-refractivity contribution in [1.82, 2.24) is 0 Å². The third kappa shape index (κ3) is 5.69. The fraction of sp³-hybridized carbons (Fsp3) is 0.333. The van der Waals surface area contributed by atoms with Gasteiger partial charge in [-0.2, -0.15) is 0 Å². The van der Waals surface area contributed by atoms with Crippen molar-refractivity contribution in [3.05, 3.63) is 59.7 Å². The molecule has 23 heavy (non-hydrogen) atoms. The van der Waals surface area contributed by atoms with Crippen molar-refractivity contribution < 1.29 is 8.76 Å². The van der Waals surface area contributed by atoms with Gasteiger partial charge >= 0.3 is 0 Å². The topological polar surface area (TPSA) is 64.2 Å². The third-order valence-electron chi connectivity index (χ3n) is 3.72. The minimum Gasteiger partial charge on any atom is -0.755 e. The Labute approximate surface area is 140 Å². The standard InChI is InChI=1S/C18H24N2O2S/c1-14(2)18-8-4-3-6-15(18)7-5-13-19-16-9-11-17(12-10-16)20-23(21)22/h3-4,6,8-12,14,19-20H,5,7,13H2,1-2H3,(H,21,22)/p-1. The van der Waals surface area contributed by atoms with Crippen LogP contribution in [-0.4, -0.2) is 15.3 Å². The highest BCUT2D eigenvalue weighted by atomic mass is 32.2. The van der Waals surface area contributed by atoms with E-state index in [1.54, 1.807) is 12.1 Å². The molecule has 0 radical (unpaired) electrons. The number of rotatable bonds is 8. The second-order valence-electron chi connectivity index (χ2n) is 5.80. The molecule has 0 fully saturated rings. The number of aryl methyl sites for hydroxylation is 1. The summed E-state index contributed by atoms with van der Waals surface area (Å²) in [4.78, 5) is 0. The average molecular weight is 331 g/mol. The molecule has 0 aliphatic rings. The van der Waals surface area contributed by atoms with Gasteiger partial charge in [0.05, 0.1) is 0 Å². The molecule has 0 saturated carbocycles. The smallest absolute Gasteiger partial charge is 0.0453 e. The molecule has 2 aromatic rings. The number of benzene rings is 2. The van der Waals surface area contributed by atoms with Crippen LogP contribution in [0.1, 0.15) is 37.3 Å². The van der Waals surface area contributed by atoms with Gasteiger partial charge in [-0.15, -0.1) is 0 Å². The van der Waals surface area contributed by atoms with E-state index in [2.05, 4.69) is 48.2 Å². The lowest BCUT2D eigenvalue weighted by molar-refractivity contribution is 0.542. The molecule has 1 atom stereocenters. The van der Waals surface area contributed by atoms with E-state index in [0.29, 0.717) is 11.6 Å². The predicted octanol–water partition coefficient (Wildman–Crippen LogP) is 4.06. The van der Waals surface area contributed by atoms with Crippen LogP contribution in [0.4, 0.5) is 11.4 Å². The van der Waals surface area contributed by atoms with Gasteiger partial charge < -0.3 is 14.6 Å². The van der Waals surface area contributed by atoms with Gasteiger partial charge in [-0.05, 0) is 54.2 Å². The normalized spacial score (nSPS) is 12.2. The molecule has 0 heterocycles. The second-order valence-corrected chi connectivity index (χ2v) is 6.47. The van der Waals surface area contributed by atoms with Crippen molar-refractivity contribution in [2.24, 2.45) is 0 Å². The molecule has 5 heteroatoms. The Hall–Kier alpha value is -1.85. The Morgan fingerprint density at radius 2 is 1.70 bits per heavy atom. The summed E-state index contributed by atoms with van der Waals surface area (Å²) < 4.78 is 23.4. The Kier molecular flexibility index (Phi) is 6.62. The molecule has 0 saturated heterocycles. The fourth-order valence-corrected chi connectivity index (χ4v) is 2.92. The van der Waals surface area contributed by atoms with E-state index in [-0.39, 0.29) is 0 Å². The first-order chi connectivity index (χ1) is 11.1. The van der Waals surface area contributed by atoms with E-state index in [9.17, 15) is 8.76 Å². The van der Waals surface area contributed by atoms with E-state index in [1.165, 1.54) is 11.1 Å². The Morgan fingerprint density at radius 1 is 1.04 bits per heavy atom. The lowest BCUT2D eigenvalue weighted by Crippen LogP contribution is -2.05. The Bertz CT molecular complexity index is 642. The van der Waals surface area contributed by atoms with Crippen LogP contribution in [-0.2, 0) is 17.7 Å². The summed E-state index contributed by atoms with van der Waals surface area (Å²) in [5.41, 5.74) is 4.40. The molecule has 1 unspecified atom stereocenters. The van der Waals surface area contributed by atoms with Crippen LogP contribution in [0, 0.1) is 0 Å². The van der Waals surface area contributed by atoms with E-state index in [4.69, 9.17) is 0 Å². The minimum absolute atomic E-state index is 0.547. The Balaban J connectivity index is 1.80. The summed E-state index contributed by atoms with van der Waals surface area (Å²) in [7, 11) is 0. The van der Waals surface area contributed by atoms with Crippen LogP contribution in [0.5, 0.6) is 0 Å². The summed E-state index contributed by atoms with van der Waals surface area (Å²) in [6, 6.07) is 15.8. The molecule has 2 N–H and O–H groups in total. The van der Waals surface area contributed by atoms with Gasteiger partial charge in [0.15, 0.2) is 0 Å². The molecule has 0 aliphatic carbocycles. The summed E-state index contributed by atoms with van der Waals surface area (Å²) in [5.74, 6) is 0.547. The summed E-state index contributed by atoms with van der Waals surface area (Å²) in [6.07, 6.45) is 2.10. The van der Waals surface area contributed by atoms with Gasteiger partial charge in [-0.1, -0.05) is 38.1 Å². The van der Waals surface area contributed by atoms with Crippen LogP contribution in [0.15, 0.2) is 48.5 Å². The molecule has 4 nitrogen and oxygen atoms in total. The largest absolute Gasteiger partial charge is 0.755 e. The monoisotopic (exact) mass is 331 g/mol. The highest BCUT2D eigenvalue weighted by molar-refractivity contribution is 7.80. The summed E-state index contributed by atoms with van der Waals surface area (Å²) in [5, 5.41) is 3.36. The van der Waals surface area contributed by atoms with Crippen LogP contribution in [0.2, 0.25) is 0 Å².